The molecule has 0 bridgehead atoms. The molecule has 0 saturated carbocycles. The van der Waals surface area contributed by atoms with Gasteiger partial charge in [0.15, 0.2) is 5.82 Å². The van der Waals surface area contributed by atoms with Crippen LogP contribution in [0.15, 0.2) is 22.0 Å². The summed E-state index contributed by atoms with van der Waals surface area (Å²) in [6, 6.07) is 4.19. The largest absolute Gasteiger partial charge is 0.339 e. The Bertz CT molecular complexity index is 849. The molecule has 2 atom stereocenters. The van der Waals surface area contributed by atoms with Crippen molar-refractivity contribution in [3.8, 4) is 0 Å². The number of likely N-dealkylation sites (tertiary alicyclic amines) is 1. The summed E-state index contributed by atoms with van der Waals surface area (Å²) in [6.45, 7) is 6.91. The third-order valence-electron chi connectivity index (χ3n) is 5.32. The lowest BCUT2D eigenvalue weighted by atomic mass is 9.81. The Morgan fingerprint density at radius 2 is 2.24 bits per heavy atom. The number of aryl methyl sites for hydroxylation is 1. The molecule has 2 aliphatic rings. The maximum Gasteiger partial charge on any atom is 0.235 e. The van der Waals surface area contributed by atoms with Crippen molar-refractivity contribution in [3.63, 3.8) is 0 Å². The van der Waals surface area contributed by atoms with Gasteiger partial charge in [-0.1, -0.05) is 11.2 Å². The summed E-state index contributed by atoms with van der Waals surface area (Å²) in [5.74, 6) is 1.47. The Kier molecular flexibility index (Phi) is 4.22. The van der Waals surface area contributed by atoms with Crippen LogP contribution in [-0.2, 0) is 22.0 Å². The van der Waals surface area contributed by atoms with Crippen LogP contribution in [0, 0.1) is 12.8 Å². The third-order valence-corrected chi connectivity index (χ3v) is 7.98. The minimum Gasteiger partial charge on any atom is -0.339 e. The van der Waals surface area contributed by atoms with Gasteiger partial charge in [-0.2, -0.15) is 4.98 Å². The molecule has 0 aliphatic carbocycles. The number of fused-ring (bicyclic) bond motifs is 1. The molecule has 2 saturated heterocycles. The fourth-order valence-electron chi connectivity index (χ4n) is 4.06. The zero-order valence-electron chi connectivity index (χ0n) is 14.4. The van der Waals surface area contributed by atoms with Gasteiger partial charge in [0.25, 0.3) is 0 Å². The van der Waals surface area contributed by atoms with Gasteiger partial charge in [-0.05, 0) is 25.3 Å². The molecule has 0 radical (unpaired) electrons. The highest BCUT2D eigenvalue weighted by molar-refractivity contribution is 7.89. The van der Waals surface area contributed by atoms with Crippen LogP contribution in [0.25, 0.3) is 0 Å². The molecule has 9 heteroatoms. The maximum absolute atomic E-state index is 12.4. The van der Waals surface area contributed by atoms with Gasteiger partial charge in [-0.3, -0.25) is 4.90 Å². The molecule has 2 aromatic heterocycles. The van der Waals surface area contributed by atoms with E-state index in [-0.39, 0.29) is 11.7 Å². The number of hydrogen-bond acceptors (Lipinski definition) is 7. The number of aromatic nitrogens is 2. The normalized spacial score (nSPS) is 27.8. The van der Waals surface area contributed by atoms with E-state index in [4.69, 9.17) is 4.52 Å². The second kappa shape index (κ2) is 6.15. The summed E-state index contributed by atoms with van der Waals surface area (Å²) < 4.78 is 31.9. The van der Waals surface area contributed by atoms with Gasteiger partial charge in [0.1, 0.15) is 0 Å². The molecular weight excluding hydrogens is 360 g/mol. The second-order valence-electron chi connectivity index (χ2n) is 6.94. The number of thiophene rings is 1. The summed E-state index contributed by atoms with van der Waals surface area (Å²) in [5.41, 5.74) is -0.402. The summed E-state index contributed by atoms with van der Waals surface area (Å²) in [5, 5.41) is 6.04. The van der Waals surface area contributed by atoms with E-state index in [2.05, 4.69) is 32.6 Å². The fourth-order valence-corrected chi connectivity index (χ4v) is 6.01. The van der Waals surface area contributed by atoms with E-state index in [1.807, 2.05) is 0 Å². The Hall–Kier alpha value is -1.29. The number of sulfonamides is 1. The first-order valence-electron chi connectivity index (χ1n) is 8.46. The van der Waals surface area contributed by atoms with Gasteiger partial charge < -0.3 is 4.52 Å². The molecule has 0 N–H and O–H groups in total. The molecule has 7 nitrogen and oxygen atoms in total. The first-order chi connectivity index (χ1) is 11.9. The summed E-state index contributed by atoms with van der Waals surface area (Å²) in [6.07, 6.45) is 0. The minimum atomic E-state index is -3.22. The van der Waals surface area contributed by atoms with Gasteiger partial charge in [-0.25, -0.2) is 12.7 Å². The van der Waals surface area contributed by atoms with Crippen LogP contribution in [0.3, 0.4) is 0 Å². The van der Waals surface area contributed by atoms with Gasteiger partial charge in [-0.15, -0.1) is 11.3 Å². The van der Waals surface area contributed by atoms with Gasteiger partial charge in [0.2, 0.25) is 15.9 Å². The van der Waals surface area contributed by atoms with E-state index >= 15 is 0 Å². The van der Waals surface area contributed by atoms with E-state index in [1.54, 1.807) is 29.5 Å². The van der Waals surface area contributed by atoms with Gasteiger partial charge in [0, 0.05) is 43.5 Å². The molecule has 2 aromatic rings. The Balaban J connectivity index is 1.64. The molecule has 2 aliphatic heterocycles. The zero-order chi connectivity index (χ0) is 17.7. The lowest BCUT2D eigenvalue weighted by Gasteiger charge is -2.25. The van der Waals surface area contributed by atoms with E-state index < -0.39 is 15.4 Å². The average molecular weight is 383 g/mol. The van der Waals surface area contributed by atoms with Crippen LogP contribution in [0.1, 0.15) is 23.5 Å². The van der Waals surface area contributed by atoms with Gasteiger partial charge in [0.05, 0.1) is 11.2 Å². The van der Waals surface area contributed by atoms with Crippen LogP contribution in [0.5, 0.6) is 0 Å². The summed E-state index contributed by atoms with van der Waals surface area (Å²) in [4.78, 5) is 8.17. The molecule has 4 rings (SSSR count). The topological polar surface area (TPSA) is 79.5 Å². The molecule has 4 heterocycles. The molecule has 0 unspecified atom stereocenters. The van der Waals surface area contributed by atoms with Crippen LogP contribution in [0.4, 0.5) is 0 Å². The molecule has 0 spiro atoms. The van der Waals surface area contributed by atoms with Crippen molar-refractivity contribution in [2.45, 2.75) is 25.8 Å². The van der Waals surface area contributed by atoms with Crippen LogP contribution < -0.4 is 0 Å². The SMILES string of the molecule is CCS(=O)(=O)N1C[C@@H]2CN(Cc3cccs3)C[C@]2(c2nc(C)no2)C1. The van der Waals surface area contributed by atoms with Crippen molar-refractivity contribution >= 4 is 21.4 Å². The van der Waals surface area contributed by atoms with Crippen molar-refractivity contribution in [3.05, 3.63) is 34.1 Å². The summed E-state index contributed by atoms with van der Waals surface area (Å²) in [7, 11) is -3.22. The summed E-state index contributed by atoms with van der Waals surface area (Å²) >= 11 is 1.75. The molecule has 136 valence electrons. The Morgan fingerprint density at radius 3 is 2.88 bits per heavy atom. The Labute approximate surface area is 151 Å². The predicted molar refractivity (Wildman–Crippen MR) is 94.8 cm³/mol. The lowest BCUT2D eigenvalue weighted by Crippen LogP contribution is -2.40. The van der Waals surface area contributed by atoms with Crippen molar-refractivity contribution in [1.82, 2.24) is 19.3 Å². The molecule has 2 fully saturated rings. The predicted octanol–water partition coefficient (Wildman–Crippen LogP) is 1.47. The van der Waals surface area contributed by atoms with E-state index in [9.17, 15) is 8.42 Å². The molecule has 0 aromatic carbocycles. The monoisotopic (exact) mass is 382 g/mol. The van der Waals surface area contributed by atoms with E-state index in [1.165, 1.54) is 4.88 Å². The second-order valence-corrected chi connectivity index (χ2v) is 10.2. The highest BCUT2D eigenvalue weighted by atomic mass is 32.2. The first kappa shape index (κ1) is 17.1. The molecule has 0 amide bonds. The van der Waals surface area contributed by atoms with Crippen LogP contribution in [-0.4, -0.2) is 59.7 Å². The van der Waals surface area contributed by atoms with Crippen molar-refractivity contribution in [2.24, 2.45) is 5.92 Å². The van der Waals surface area contributed by atoms with E-state index in [0.29, 0.717) is 24.8 Å². The lowest BCUT2D eigenvalue weighted by molar-refractivity contribution is 0.245. The number of rotatable bonds is 5. The number of hydrogen-bond donors (Lipinski definition) is 0. The number of nitrogens with zero attached hydrogens (tertiary/aromatic N) is 4. The highest BCUT2D eigenvalue weighted by Gasteiger charge is 2.58. The standard InChI is InChI=1S/C16H22N4O3S2/c1-3-25(21,22)20-8-13-7-19(9-14-5-4-6-24-14)10-16(13,11-20)15-17-12(2)18-23-15/h4-6,13H,3,7-11H2,1-2H3/t13-,16-/m0/s1. The van der Waals surface area contributed by atoms with Crippen molar-refractivity contribution < 1.29 is 12.9 Å². The zero-order valence-corrected chi connectivity index (χ0v) is 16.0. The third kappa shape index (κ3) is 2.92. The van der Waals surface area contributed by atoms with Crippen LogP contribution >= 0.6 is 11.3 Å². The molecule has 25 heavy (non-hydrogen) atoms. The smallest absolute Gasteiger partial charge is 0.235 e. The average Bonchev–Trinajstić information content (AvgIpc) is 3.30. The quantitative estimate of drug-likeness (QED) is 0.779. The van der Waals surface area contributed by atoms with Crippen LogP contribution in [0.2, 0.25) is 0 Å². The first-order valence-corrected chi connectivity index (χ1v) is 11.0. The Morgan fingerprint density at radius 1 is 1.40 bits per heavy atom. The highest BCUT2D eigenvalue weighted by Crippen LogP contribution is 2.45. The van der Waals surface area contributed by atoms with Crippen molar-refractivity contribution in [1.29, 1.82) is 0 Å². The van der Waals surface area contributed by atoms with Crippen molar-refractivity contribution in [2.75, 3.05) is 31.9 Å². The molecular formula is C16H22N4O3S2. The van der Waals surface area contributed by atoms with Gasteiger partial charge >= 0.3 is 0 Å². The maximum atomic E-state index is 12.4. The van der Waals surface area contributed by atoms with E-state index in [0.717, 1.165) is 19.6 Å². The minimum absolute atomic E-state index is 0.123. The fraction of sp³-hybridized carbons (Fsp3) is 0.625.